The summed E-state index contributed by atoms with van der Waals surface area (Å²) < 4.78 is 11.7. The molecule has 0 unspecified atom stereocenters. The molecule has 3 heterocycles. The summed E-state index contributed by atoms with van der Waals surface area (Å²) in [4.78, 5) is 2.36. The summed E-state index contributed by atoms with van der Waals surface area (Å²) in [6.07, 6.45) is 0. The van der Waals surface area contributed by atoms with Crippen molar-refractivity contribution in [3.8, 4) is 33.4 Å². The number of furan rings is 1. The maximum absolute atomic E-state index is 6.52. The zero-order valence-corrected chi connectivity index (χ0v) is 32.9. The van der Waals surface area contributed by atoms with Gasteiger partial charge in [0.2, 0.25) is 0 Å². The highest BCUT2D eigenvalue weighted by Gasteiger charge is 2.19. The van der Waals surface area contributed by atoms with Crippen LogP contribution in [-0.2, 0) is 0 Å². The third-order valence-corrected chi connectivity index (χ3v) is 13.9. The number of fused-ring (bicyclic) bond motifs is 10. The van der Waals surface area contributed by atoms with Crippen LogP contribution < -0.4 is 4.90 Å². The fourth-order valence-corrected chi connectivity index (χ4v) is 11.2. The lowest BCUT2D eigenvalue weighted by Gasteiger charge is -2.26. The lowest BCUT2D eigenvalue weighted by molar-refractivity contribution is 0.669. The predicted octanol–water partition coefficient (Wildman–Crippen LogP) is 16.8. The number of nitrogens with zero attached hydrogens (tertiary/aromatic N) is 1. The summed E-state index contributed by atoms with van der Waals surface area (Å²) in [6, 6.07) is 72.5. The highest BCUT2D eigenvalue weighted by molar-refractivity contribution is 7.27. The number of rotatable bonds is 6. The molecular weight excluding hydrogens is 743 g/mol. The molecule has 12 rings (SSSR count). The maximum atomic E-state index is 6.52. The smallest absolute Gasteiger partial charge is 0.136 e. The van der Waals surface area contributed by atoms with Crippen LogP contribution in [0.2, 0.25) is 0 Å². The number of benzene rings is 9. The van der Waals surface area contributed by atoms with E-state index in [1.807, 2.05) is 22.7 Å². The van der Waals surface area contributed by atoms with E-state index < -0.39 is 0 Å². The molecule has 272 valence electrons. The van der Waals surface area contributed by atoms with Crippen molar-refractivity contribution < 1.29 is 4.42 Å². The molecule has 0 saturated carbocycles. The number of thiophene rings is 2. The Morgan fingerprint density at radius 2 is 0.793 bits per heavy atom. The molecule has 0 bridgehead atoms. The van der Waals surface area contributed by atoms with Crippen molar-refractivity contribution in [2.45, 2.75) is 0 Å². The van der Waals surface area contributed by atoms with Gasteiger partial charge in [0.25, 0.3) is 0 Å². The van der Waals surface area contributed by atoms with Crippen molar-refractivity contribution in [3.63, 3.8) is 0 Å². The summed E-state index contributed by atoms with van der Waals surface area (Å²) in [5.41, 5.74) is 12.3. The van der Waals surface area contributed by atoms with Crippen LogP contribution in [0.3, 0.4) is 0 Å². The second-order valence-electron chi connectivity index (χ2n) is 14.8. The highest BCUT2D eigenvalue weighted by atomic mass is 32.1. The van der Waals surface area contributed by atoms with Crippen LogP contribution >= 0.6 is 22.7 Å². The summed E-state index contributed by atoms with van der Waals surface area (Å²) in [6.45, 7) is 0. The van der Waals surface area contributed by atoms with Gasteiger partial charge in [-0.2, -0.15) is 0 Å². The van der Waals surface area contributed by atoms with Gasteiger partial charge < -0.3 is 9.32 Å². The minimum absolute atomic E-state index is 0.910. The average molecular weight is 776 g/mol. The molecule has 0 aliphatic heterocycles. The molecule has 0 saturated heterocycles. The number of anilines is 3. The van der Waals surface area contributed by atoms with Crippen LogP contribution in [-0.4, -0.2) is 0 Å². The zero-order valence-electron chi connectivity index (χ0n) is 31.2. The quantitative estimate of drug-likeness (QED) is 0.167. The molecule has 0 aliphatic carbocycles. The molecule has 0 radical (unpaired) electrons. The Morgan fingerprint density at radius 1 is 0.310 bits per heavy atom. The molecule has 0 amide bonds. The van der Waals surface area contributed by atoms with Crippen LogP contribution in [0.1, 0.15) is 0 Å². The first-order valence-corrected chi connectivity index (χ1v) is 21.2. The van der Waals surface area contributed by atoms with Crippen molar-refractivity contribution >= 4 is 102 Å². The van der Waals surface area contributed by atoms with Crippen molar-refractivity contribution in [3.05, 3.63) is 200 Å². The third-order valence-electron chi connectivity index (χ3n) is 11.5. The first kappa shape index (κ1) is 33.2. The predicted molar refractivity (Wildman–Crippen MR) is 250 cm³/mol. The summed E-state index contributed by atoms with van der Waals surface area (Å²) in [7, 11) is 0. The van der Waals surface area contributed by atoms with E-state index in [2.05, 4.69) is 205 Å². The molecule has 0 fully saturated rings. The van der Waals surface area contributed by atoms with Gasteiger partial charge in [0.15, 0.2) is 0 Å². The van der Waals surface area contributed by atoms with E-state index >= 15 is 0 Å². The van der Waals surface area contributed by atoms with Crippen molar-refractivity contribution in [2.75, 3.05) is 4.90 Å². The SMILES string of the molecule is c1ccc(-c2ccc(N(c3ccc(-c4cccc5c4sc4ccccc45)cc3)c3ccc(-c4cccc5oc6ccc7c8ccccc8sc7c6c45)cc3)cc2)cc1. The average Bonchev–Trinajstić information content (AvgIpc) is 3.99. The second kappa shape index (κ2) is 13.3. The van der Waals surface area contributed by atoms with Gasteiger partial charge in [-0.3, -0.25) is 0 Å². The number of hydrogen-bond donors (Lipinski definition) is 0. The van der Waals surface area contributed by atoms with Crippen molar-refractivity contribution in [1.29, 1.82) is 0 Å². The minimum atomic E-state index is 0.910. The van der Waals surface area contributed by atoms with Gasteiger partial charge in [-0.05, 0) is 100 Å². The van der Waals surface area contributed by atoms with Gasteiger partial charge in [0.1, 0.15) is 11.2 Å². The molecule has 0 N–H and O–H groups in total. The monoisotopic (exact) mass is 775 g/mol. The standard InChI is InChI=1S/C54H33NOS2/c1-2-10-34(11-3-1)35-20-26-38(27-21-35)55(40-30-24-37(25-31-40)42-15-8-16-45-43-12-4-6-18-49(43)57-53(42)45)39-28-22-36(23-29-39)41-14-9-17-47-51(41)52-48(56-47)33-32-46-44-13-5-7-19-50(44)58-54(46)52/h1-33H. The maximum Gasteiger partial charge on any atom is 0.136 e. The Labute approximate surface area is 343 Å². The van der Waals surface area contributed by atoms with Gasteiger partial charge in [-0.1, -0.05) is 133 Å². The molecule has 9 aromatic carbocycles. The lowest BCUT2D eigenvalue weighted by Crippen LogP contribution is -2.09. The molecule has 0 atom stereocenters. The minimum Gasteiger partial charge on any atom is -0.456 e. The van der Waals surface area contributed by atoms with Gasteiger partial charge in [-0.25, -0.2) is 0 Å². The van der Waals surface area contributed by atoms with Crippen molar-refractivity contribution in [2.24, 2.45) is 0 Å². The Morgan fingerprint density at radius 3 is 1.47 bits per heavy atom. The van der Waals surface area contributed by atoms with Crippen LogP contribution in [0.25, 0.3) is 95.7 Å². The molecular formula is C54H33NOS2. The largest absolute Gasteiger partial charge is 0.456 e. The summed E-state index contributed by atoms with van der Waals surface area (Å²) >= 11 is 3.72. The van der Waals surface area contributed by atoms with Gasteiger partial charge >= 0.3 is 0 Å². The normalized spacial score (nSPS) is 11.8. The van der Waals surface area contributed by atoms with E-state index in [9.17, 15) is 0 Å². The highest BCUT2D eigenvalue weighted by Crippen LogP contribution is 2.46. The lowest BCUT2D eigenvalue weighted by atomic mass is 9.98. The zero-order chi connectivity index (χ0) is 38.2. The Balaban J connectivity index is 0.970. The number of hydrogen-bond acceptors (Lipinski definition) is 4. The van der Waals surface area contributed by atoms with Gasteiger partial charge in [-0.15, -0.1) is 22.7 Å². The van der Waals surface area contributed by atoms with E-state index in [1.165, 1.54) is 78.9 Å². The van der Waals surface area contributed by atoms with E-state index in [0.29, 0.717) is 0 Å². The summed E-state index contributed by atoms with van der Waals surface area (Å²) in [5.74, 6) is 0. The molecule has 4 heteroatoms. The van der Waals surface area contributed by atoms with E-state index in [1.54, 1.807) is 0 Å². The molecule has 0 spiro atoms. The molecule has 0 aliphatic rings. The van der Waals surface area contributed by atoms with Crippen LogP contribution in [0.4, 0.5) is 17.1 Å². The first-order chi connectivity index (χ1) is 28.7. The Hall–Kier alpha value is -6.98. The third kappa shape index (κ3) is 5.30. The van der Waals surface area contributed by atoms with Crippen LogP contribution in [0.15, 0.2) is 205 Å². The van der Waals surface area contributed by atoms with Crippen molar-refractivity contribution in [1.82, 2.24) is 0 Å². The Kier molecular flexibility index (Phi) is 7.62. The molecule has 2 nitrogen and oxygen atoms in total. The van der Waals surface area contributed by atoms with Crippen LogP contribution in [0.5, 0.6) is 0 Å². The second-order valence-corrected chi connectivity index (χ2v) is 16.9. The molecule has 3 aromatic heterocycles. The Bertz CT molecular complexity index is 3480. The molecule has 58 heavy (non-hydrogen) atoms. The first-order valence-electron chi connectivity index (χ1n) is 19.6. The molecule has 12 aromatic rings. The summed E-state index contributed by atoms with van der Waals surface area (Å²) in [5, 5.41) is 7.57. The van der Waals surface area contributed by atoms with Gasteiger partial charge in [0.05, 0.1) is 0 Å². The van der Waals surface area contributed by atoms with E-state index in [-0.39, 0.29) is 0 Å². The van der Waals surface area contributed by atoms with Crippen LogP contribution in [0, 0.1) is 0 Å². The topological polar surface area (TPSA) is 16.4 Å². The fraction of sp³-hybridized carbons (Fsp3) is 0. The van der Waals surface area contributed by atoms with E-state index in [4.69, 9.17) is 4.42 Å². The van der Waals surface area contributed by atoms with E-state index in [0.717, 1.165) is 33.8 Å². The van der Waals surface area contributed by atoms with Gasteiger partial charge in [0, 0.05) is 68.2 Å². The fourth-order valence-electron chi connectivity index (χ4n) is 8.76.